The Balaban J connectivity index is 1.12. The first-order valence-corrected chi connectivity index (χ1v) is 16.9. The monoisotopic (exact) mass is 643 g/mol. The van der Waals surface area contributed by atoms with Gasteiger partial charge in [0.15, 0.2) is 11.6 Å². The molecular weight excluding hydrogens is 611 g/mol. The SMILES string of the molecule is Cc1ccccc1-n1c(-c2ccccc2)nnc1-c1ccc(N(c2ccccc2)c2ccc(-n3c4ccccc4c4ccccc43)cc2)cc1. The number of aryl methyl sites for hydroxylation is 1. The number of hydrogen-bond donors (Lipinski definition) is 0. The Bertz CT molecular complexity index is 2530. The van der Waals surface area contributed by atoms with E-state index in [0.717, 1.165) is 56.8 Å². The lowest BCUT2D eigenvalue weighted by Gasteiger charge is -2.26. The zero-order valence-corrected chi connectivity index (χ0v) is 27.6. The molecule has 50 heavy (non-hydrogen) atoms. The van der Waals surface area contributed by atoms with Crippen LogP contribution in [0.25, 0.3) is 56.0 Å². The molecule has 0 aliphatic heterocycles. The van der Waals surface area contributed by atoms with Crippen LogP contribution in [-0.4, -0.2) is 19.3 Å². The molecule has 238 valence electrons. The Hall–Kier alpha value is -6.72. The highest BCUT2D eigenvalue weighted by Crippen LogP contribution is 2.38. The zero-order valence-electron chi connectivity index (χ0n) is 27.6. The second-order valence-electron chi connectivity index (χ2n) is 12.4. The third kappa shape index (κ3) is 5.04. The van der Waals surface area contributed by atoms with Crippen LogP contribution in [0.3, 0.4) is 0 Å². The van der Waals surface area contributed by atoms with Gasteiger partial charge in [0.1, 0.15) is 0 Å². The predicted octanol–water partition coefficient (Wildman–Crippen LogP) is 11.5. The molecule has 2 heterocycles. The molecule has 0 N–H and O–H groups in total. The van der Waals surface area contributed by atoms with Crippen molar-refractivity contribution in [3.05, 3.63) is 188 Å². The maximum atomic E-state index is 4.75. The molecule has 0 saturated carbocycles. The van der Waals surface area contributed by atoms with Gasteiger partial charge < -0.3 is 9.47 Å². The molecule has 0 aliphatic carbocycles. The highest BCUT2D eigenvalue weighted by Gasteiger charge is 2.20. The molecule has 9 rings (SSSR count). The van der Waals surface area contributed by atoms with Crippen LogP contribution in [0.5, 0.6) is 0 Å². The lowest BCUT2D eigenvalue weighted by atomic mass is 10.1. The van der Waals surface area contributed by atoms with E-state index in [2.05, 4.69) is 185 Å². The normalized spacial score (nSPS) is 11.3. The van der Waals surface area contributed by atoms with Gasteiger partial charge in [-0.05, 0) is 91.3 Å². The Morgan fingerprint density at radius 1 is 0.400 bits per heavy atom. The third-order valence-corrected chi connectivity index (χ3v) is 9.40. The summed E-state index contributed by atoms with van der Waals surface area (Å²) in [6.45, 7) is 2.13. The van der Waals surface area contributed by atoms with E-state index in [9.17, 15) is 0 Å². The fourth-order valence-electron chi connectivity index (χ4n) is 7.02. The molecule has 2 aromatic heterocycles. The predicted molar refractivity (Wildman–Crippen MR) is 206 cm³/mol. The number of nitrogens with zero attached hydrogens (tertiary/aromatic N) is 5. The topological polar surface area (TPSA) is 38.9 Å². The van der Waals surface area contributed by atoms with Crippen molar-refractivity contribution in [1.29, 1.82) is 0 Å². The number of para-hydroxylation sites is 4. The zero-order chi connectivity index (χ0) is 33.4. The van der Waals surface area contributed by atoms with Crippen LogP contribution in [0, 0.1) is 6.92 Å². The van der Waals surface area contributed by atoms with E-state index in [1.165, 1.54) is 21.8 Å². The number of rotatable bonds is 7. The largest absolute Gasteiger partial charge is 0.311 e. The molecule has 5 nitrogen and oxygen atoms in total. The molecule has 5 heteroatoms. The average molecular weight is 644 g/mol. The molecule has 0 radical (unpaired) electrons. The lowest BCUT2D eigenvalue weighted by Crippen LogP contribution is -2.10. The van der Waals surface area contributed by atoms with E-state index < -0.39 is 0 Å². The van der Waals surface area contributed by atoms with E-state index in [1.807, 2.05) is 18.2 Å². The van der Waals surface area contributed by atoms with Crippen molar-refractivity contribution in [1.82, 2.24) is 19.3 Å². The summed E-state index contributed by atoms with van der Waals surface area (Å²) in [5.74, 6) is 1.61. The maximum Gasteiger partial charge on any atom is 0.168 e. The van der Waals surface area contributed by atoms with Gasteiger partial charge in [0.25, 0.3) is 0 Å². The molecule has 0 spiro atoms. The third-order valence-electron chi connectivity index (χ3n) is 9.40. The van der Waals surface area contributed by atoms with Crippen molar-refractivity contribution in [2.24, 2.45) is 0 Å². The fourth-order valence-corrected chi connectivity index (χ4v) is 7.02. The standard InChI is InChI=1S/C45H33N5/c1-32-14-8-11-21-41(32)50-44(33-15-4-2-5-16-33)46-47-45(50)34-24-26-36(27-25-34)48(35-17-6-3-7-18-35)37-28-30-38(31-29-37)49-42-22-12-9-19-39(42)40-20-10-13-23-43(40)49/h2-31H,1H3. The number of hydrogen-bond acceptors (Lipinski definition) is 3. The van der Waals surface area contributed by atoms with Crippen molar-refractivity contribution in [3.8, 4) is 34.2 Å². The van der Waals surface area contributed by atoms with Crippen LogP contribution in [0.15, 0.2) is 182 Å². The Kier molecular flexibility index (Phi) is 7.29. The summed E-state index contributed by atoms with van der Waals surface area (Å²) in [4.78, 5) is 2.29. The van der Waals surface area contributed by atoms with Crippen molar-refractivity contribution < 1.29 is 0 Å². The van der Waals surface area contributed by atoms with Gasteiger partial charge in [0, 0.05) is 44.6 Å². The van der Waals surface area contributed by atoms with Crippen LogP contribution < -0.4 is 4.90 Å². The van der Waals surface area contributed by atoms with Gasteiger partial charge in [-0.15, -0.1) is 10.2 Å². The molecule has 0 atom stereocenters. The molecule has 0 saturated heterocycles. The van der Waals surface area contributed by atoms with Gasteiger partial charge in [-0.2, -0.15) is 0 Å². The smallest absolute Gasteiger partial charge is 0.168 e. The summed E-state index contributed by atoms with van der Waals surface area (Å²) >= 11 is 0. The number of anilines is 3. The highest BCUT2D eigenvalue weighted by molar-refractivity contribution is 6.09. The van der Waals surface area contributed by atoms with Gasteiger partial charge in [0.05, 0.1) is 16.7 Å². The van der Waals surface area contributed by atoms with Crippen LogP contribution >= 0.6 is 0 Å². The van der Waals surface area contributed by atoms with E-state index in [4.69, 9.17) is 10.2 Å². The summed E-state index contributed by atoms with van der Waals surface area (Å²) in [5, 5.41) is 12.0. The summed E-state index contributed by atoms with van der Waals surface area (Å²) in [6.07, 6.45) is 0. The van der Waals surface area contributed by atoms with Crippen LogP contribution in [-0.2, 0) is 0 Å². The maximum absolute atomic E-state index is 4.75. The van der Waals surface area contributed by atoms with E-state index in [1.54, 1.807) is 0 Å². The van der Waals surface area contributed by atoms with Crippen molar-refractivity contribution in [2.75, 3.05) is 4.90 Å². The van der Waals surface area contributed by atoms with Crippen molar-refractivity contribution >= 4 is 38.9 Å². The highest BCUT2D eigenvalue weighted by atomic mass is 15.3. The van der Waals surface area contributed by atoms with Gasteiger partial charge >= 0.3 is 0 Å². The molecule has 7 aromatic carbocycles. The molecule has 0 aliphatic rings. The van der Waals surface area contributed by atoms with E-state index in [0.29, 0.717) is 0 Å². The molecule has 0 fully saturated rings. The van der Waals surface area contributed by atoms with Crippen LogP contribution in [0.1, 0.15) is 5.56 Å². The summed E-state index contributed by atoms with van der Waals surface area (Å²) < 4.78 is 4.52. The van der Waals surface area contributed by atoms with Crippen LogP contribution in [0.2, 0.25) is 0 Å². The summed E-state index contributed by atoms with van der Waals surface area (Å²) in [6, 6.07) is 63.9. The second kappa shape index (κ2) is 12.4. The first kappa shape index (κ1) is 29.4. The van der Waals surface area contributed by atoms with Crippen molar-refractivity contribution in [3.63, 3.8) is 0 Å². The quantitative estimate of drug-likeness (QED) is 0.173. The second-order valence-corrected chi connectivity index (χ2v) is 12.4. The lowest BCUT2D eigenvalue weighted by molar-refractivity contribution is 1.05. The van der Waals surface area contributed by atoms with Gasteiger partial charge in [-0.3, -0.25) is 4.57 Å². The van der Waals surface area contributed by atoms with Crippen molar-refractivity contribution in [2.45, 2.75) is 6.92 Å². The minimum Gasteiger partial charge on any atom is -0.311 e. The van der Waals surface area contributed by atoms with Gasteiger partial charge in [0.2, 0.25) is 0 Å². The Labute approximate surface area is 291 Å². The van der Waals surface area contributed by atoms with Crippen LogP contribution in [0.4, 0.5) is 17.1 Å². The molecule has 0 unspecified atom stereocenters. The average Bonchev–Trinajstić information content (AvgIpc) is 3.77. The van der Waals surface area contributed by atoms with E-state index in [-0.39, 0.29) is 0 Å². The van der Waals surface area contributed by atoms with Gasteiger partial charge in [-0.1, -0.05) is 103 Å². The number of benzene rings is 7. The first-order chi connectivity index (χ1) is 24.7. The number of fused-ring (bicyclic) bond motifs is 3. The molecular formula is C45H33N5. The van der Waals surface area contributed by atoms with Gasteiger partial charge in [-0.25, -0.2) is 0 Å². The number of aromatic nitrogens is 4. The molecule has 0 amide bonds. The summed E-state index contributed by atoms with van der Waals surface area (Å²) in [7, 11) is 0. The minimum atomic E-state index is 0.798. The molecule has 9 aromatic rings. The summed E-state index contributed by atoms with van der Waals surface area (Å²) in [5.41, 5.74) is 11.0. The first-order valence-electron chi connectivity index (χ1n) is 16.9. The van der Waals surface area contributed by atoms with E-state index >= 15 is 0 Å². The fraction of sp³-hybridized carbons (Fsp3) is 0.0222. The Morgan fingerprint density at radius 3 is 1.46 bits per heavy atom. The minimum absolute atomic E-state index is 0.798. The Morgan fingerprint density at radius 2 is 0.860 bits per heavy atom. The molecule has 0 bridgehead atoms.